The minimum atomic E-state index is -0.669. The summed E-state index contributed by atoms with van der Waals surface area (Å²) in [7, 11) is 1.54. The van der Waals surface area contributed by atoms with Crippen molar-refractivity contribution in [2.75, 3.05) is 44.7 Å². The van der Waals surface area contributed by atoms with Crippen LogP contribution in [0.2, 0.25) is 5.02 Å². The van der Waals surface area contributed by atoms with Gasteiger partial charge in [-0.1, -0.05) is 11.6 Å². The molecule has 6 nitrogen and oxygen atoms in total. The molecule has 20 heavy (non-hydrogen) atoms. The first-order valence-corrected chi connectivity index (χ1v) is 7.03. The second-order valence-corrected chi connectivity index (χ2v) is 6.01. The highest BCUT2D eigenvalue weighted by Gasteiger charge is 2.24. The number of aliphatic hydroxyl groups is 1. The summed E-state index contributed by atoms with van der Waals surface area (Å²) in [6, 6.07) is 0.323. The fraction of sp³-hybridized carbons (Fsp3) is 0.692. The van der Waals surface area contributed by atoms with Gasteiger partial charge in [0.15, 0.2) is 5.82 Å². The molecule has 0 unspecified atom stereocenters. The minimum absolute atomic E-state index is 0.323. The lowest BCUT2D eigenvalue weighted by Gasteiger charge is -2.37. The second kappa shape index (κ2) is 6.11. The molecule has 1 aliphatic rings. The molecule has 0 saturated carbocycles. The third-order valence-electron chi connectivity index (χ3n) is 3.17. The molecule has 1 fully saturated rings. The van der Waals surface area contributed by atoms with Crippen LogP contribution in [-0.2, 0) is 0 Å². The normalized spacial score (nSPS) is 17.4. The van der Waals surface area contributed by atoms with Gasteiger partial charge >= 0.3 is 6.01 Å². The van der Waals surface area contributed by atoms with Crippen LogP contribution in [0.1, 0.15) is 13.8 Å². The third kappa shape index (κ3) is 3.94. The van der Waals surface area contributed by atoms with Gasteiger partial charge in [0.2, 0.25) is 0 Å². The zero-order valence-corrected chi connectivity index (χ0v) is 12.9. The summed E-state index contributed by atoms with van der Waals surface area (Å²) in [6.07, 6.45) is 1.56. The highest BCUT2D eigenvalue weighted by molar-refractivity contribution is 6.32. The Hall–Kier alpha value is -1.11. The van der Waals surface area contributed by atoms with Gasteiger partial charge in [-0.2, -0.15) is 4.98 Å². The monoisotopic (exact) mass is 300 g/mol. The Balaban J connectivity index is 2.00. The van der Waals surface area contributed by atoms with Crippen LogP contribution in [0.3, 0.4) is 0 Å². The molecule has 1 aliphatic heterocycles. The molecule has 2 heterocycles. The van der Waals surface area contributed by atoms with Crippen molar-refractivity contribution >= 4 is 17.4 Å². The van der Waals surface area contributed by atoms with Crippen molar-refractivity contribution in [1.29, 1.82) is 0 Å². The average Bonchev–Trinajstić information content (AvgIpc) is 2.39. The predicted octanol–water partition coefficient (Wildman–Crippen LogP) is 1.03. The van der Waals surface area contributed by atoms with Gasteiger partial charge in [0.05, 0.1) is 18.9 Å². The summed E-state index contributed by atoms with van der Waals surface area (Å²) >= 11 is 6.15. The van der Waals surface area contributed by atoms with Crippen LogP contribution in [0.4, 0.5) is 5.82 Å². The standard InChI is InChI=1S/C13H21ClN4O2/c1-13(2,19)9-17-4-6-18(7-5-17)11-10(14)8-15-12(16-11)20-3/h8,19H,4-7,9H2,1-3H3. The highest BCUT2D eigenvalue weighted by Crippen LogP contribution is 2.25. The largest absolute Gasteiger partial charge is 0.467 e. The van der Waals surface area contributed by atoms with Crippen LogP contribution >= 0.6 is 11.6 Å². The van der Waals surface area contributed by atoms with E-state index in [0.29, 0.717) is 23.4 Å². The Labute approximate surface area is 124 Å². The molecular formula is C13H21ClN4O2. The first-order valence-electron chi connectivity index (χ1n) is 6.65. The van der Waals surface area contributed by atoms with E-state index < -0.39 is 5.60 Å². The zero-order valence-electron chi connectivity index (χ0n) is 12.1. The fourth-order valence-corrected chi connectivity index (χ4v) is 2.54. The molecule has 0 radical (unpaired) electrons. The van der Waals surface area contributed by atoms with Gasteiger partial charge in [0.25, 0.3) is 0 Å². The van der Waals surface area contributed by atoms with Gasteiger partial charge in [-0.3, -0.25) is 4.90 Å². The maximum Gasteiger partial charge on any atom is 0.318 e. The highest BCUT2D eigenvalue weighted by atomic mass is 35.5. The molecule has 1 saturated heterocycles. The third-order valence-corrected chi connectivity index (χ3v) is 3.44. The van der Waals surface area contributed by atoms with Gasteiger partial charge < -0.3 is 14.7 Å². The van der Waals surface area contributed by atoms with Gasteiger partial charge in [-0.05, 0) is 13.8 Å². The maximum atomic E-state index is 9.85. The quantitative estimate of drug-likeness (QED) is 0.896. The summed E-state index contributed by atoms with van der Waals surface area (Å²) in [5, 5.41) is 10.4. The van der Waals surface area contributed by atoms with Crippen molar-refractivity contribution < 1.29 is 9.84 Å². The first kappa shape index (κ1) is 15.3. The number of rotatable bonds is 4. The number of hydrogen-bond acceptors (Lipinski definition) is 6. The number of ether oxygens (including phenoxy) is 1. The molecule has 1 aromatic heterocycles. The summed E-state index contributed by atoms with van der Waals surface area (Å²) in [4.78, 5) is 12.6. The zero-order chi connectivity index (χ0) is 14.8. The van der Waals surface area contributed by atoms with E-state index in [1.807, 2.05) is 13.8 Å². The van der Waals surface area contributed by atoms with Gasteiger partial charge in [0.1, 0.15) is 5.02 Å². The van der Waals surface area contributed by atoms with Crippen molar-refractivity contribution in [3.8, 4) is 6.01 Å². The Morgan fingerprint density at radius 2 is 2.00 bits per heavy atom. The van der Waals surface area contributed by atoms with E-state index in [1.54, 1.807) is 6.20 Å². The Morgan fingerprint density at radius 1 is 1.35 bits per heavy atom. The van der Waals surface area contributed by atoms with Crippen molar-refractivity contribution in [1.82, 2.24) is 14.9 Å². The van der Waals surface area contributed by atoms with Crippen LogP contribution in [0, 0.1) is 0 Å². The summed E-state index contributed by atoms with van der Waals surface area (Å²) in [5.74, 6) is 0.710. The average molecular weight is 301 g/mol. The van der Waals surface area contributed by atoms with Crippen molar-refractivity contribution in [3.05, 3.63) is 11.2 Å². The molecule has 0 spiro atoms. The number of β-amino-alcohol motifs (C(OH)–C–C–N with tert-alkyl or cyclic N) is 1. The molecule has 1 N–H and O–H groups in total. The molecule has 0 bridgehead atoms. The lowest BCUT2D eigenvalue weighted by atomic mass is 10.1. The van der Waals surface area contributed by atoms with Crippen molar-refractivity contribution in [3.63, 3.8) is 0 Å². The van der Waals surface area contributed by atoms with E-state index in [2.05, 4.69) is 19.8 Å². The topological polar surface area (TPSA) is 61.7 Å². The number of methoxy groups -OCH3 is 1. The molecule has 1 aromatic rings. The van der Waals surface area contributed by atoms with E-state index in [4.69, 9.17) is 16.3 Å². The first-order chi connectivity index (χ1) is 9.39. The van der Waals surface area contributed by atoms with Crippen LogP contribution in [0.15, 0.2) is 6.20 Å². The molecule has 0 amide bonds. The number of hydrogen-bond donors (Lipinski definition) is 1. The molecule has 0 aromatic carbocycles. The molecule has 2 rings (SSSR count). The summed E-state index contributed by atoms with van der Waals surface area (Å²) < 4.78 is 5.04. The van der Waals surface area contributed by atoms with Crippen LogP contribution in [0.25, 0.3) is 0 Å². The van der Waals surface area contributed by atoms with Crippen molar-refractivity contribution in [2.24, 2.45) is 0 Å². The second-order valence-electron chi connectivity index (χ2n) is 5.60. The van der Waals surface area contributed by atoms with Crippen LogP contribution < -0.4 is 9.64 Å². The Morgan fingerprint density at radius 3 is 2.55 bits per heavy atom. The Kier molecular flexibility index (Phi) is 4.67. The summed E-state index contributed by atoms with van der Waals surface area (Å²) in [5.41, 5.74) is -0.669. The predicted molar refractivity (Wildman–Crippen MR) is 78.5 cm³/mol. The van der Waals surface area contributed by atoms with E-state index in [-0.39, 0.29) is 0 Å². The van der Waals surface area contributed by atoms with Crippen LogP contribution in [-0.4, -0.2) is 65.4 Å². The number of piperazine rings is 1. The van der Waals surface area contributed by atoms with Crippen LogP contribution in [0.5, 0.6) is 6.01 Å². The minimum Gasteiger partial charge on any atom is -0.467 e. The van der Waals surface area contributed by atoms with E-state index in [9.17, 15) is 5.11 Å². The van der Waals surface area contributed by atoms with Crippen molar-refractivity contribution in [2.45, 2.75) is 19.4 Å². The lowest BCUT2D eigenvalue weighted by Crippen LogP contribution is -2.50. The number of anilines is 1. The van der Waals surface area contributed by atoms with Gasteiger partial charge in [-0.15, -0.1) is 0 Å². The molecule has 0 atom stereocenters. The molecule has 0 aliphatic carbocycles. The van der Waals surface area contributed by atoms with Gasteiger partial charge in [0, 0.05) is 32.7 Å². The van der Waals surface area contributed by atoms with Gasteiger partial charge in [-0.25, -0.2) is 4.98 Å². The van der Waals surface area contributed by atoms with E-state index >= 15 is 0 Å². The number of aromatic nitrogens is 2. The SMILES string of the molecule is COc1ncc(Cl)c(N2CCN(CC(C)(C)O)CC2)n1. The number of nitrogens with zero attached hydrogens (tertiary/aromatic N) is 4. The summed E-state index contributed by atoms with van der Waals surface area (Å²) in [6.45, 7) is 7.68. The fourth-order valence-electron chi connectivity index (χ4n) is 2.33. The van der Waals surface area contributed by atoms with E-state index in [0.717, 1.165) is 26.2 Å². The molecule has 112 valence electrons. The lowest BCUT2D eigenvalue weighted by molar-refractivity contribution is 0.0344. The molecular weight excluding hydrogens is 280 g/mol. The number of halogens is 1. The maximum absolute atomic E-state index is 9.85. The smallest absolute Gasteiger partial charge is 0.318 e. The van der Waals surface area contributed by atoms with E-state index in [1.165, 1.54) is 7.11 Å². The Bertz CT molecular complexity index is 456. The molecule has 7 heteroatoms.